The third-order valence-corrected chi connectivity index (χ3v) is 5.67. The highest BCUT2D eigenvalue weighted by molar-refractivity contribution is 5.83. The number of carbonyl (C=O) groups is 2. The van der Waals surface area contributed by atoms with Gasteiger partial charge in [0.25, 0.3) is 0 Å². The maximum Gasteiger partial charge on any atom is 0.240 e. The van der Waals surface area contributed by atoms with E-state index in [4.69, 9.17) is 0 Å². The topological polar surface area (TPSA) is 82.9 Å². The van der Waals surface area contributed by atoms with Crippen LogP contribution in [0.25, 0.3) is 0 Å². The molecule has 0 fully saturated rings. The molecule has 6 nitrogen and oxygen atoms in total. The standard InChI is InChI=1S/C29H40N4O2/c1-28(2,3)24-16-12-22(13-17-24)20-30-32-26(34)10-8-7-9-11-27(35)33-31-21-23-14-18-25(19-15-23)29(4,5)6/h12-21H,7-11H2,1-6H3,(H,32,34)(H,33,35)/b30-20+,31-21+. The summed E-state index contributed by atoms with van der Waals surface area (Å²) in [5, 5.41) is 8.06. The SMILES string of the molecule is CC(C)(C)c1ccc(/C=N/NC(=O)CCCCCC(=O)N/N=C/c2ccc(C(C)(C)C)cc2)cc1. The van der Waals surface area contributed by atoms with E-state index in [2.05, 4.69) is 86.9 Å². The predicted molar refractivity (Wildman–Crippen MR) is 145 cm³/mol. The molecule has 0 saturated heterocycles. The predicted octanol–water partition coefficient (Wildman–Crippen LogP) is 5.83. The van der Waals surface area contributed by atoms with Crippen LogP contribution in [0.4, 0.5) is 0 Å². The lowest BCUT2D eigenvalue weighted by molar-refractivity contribution is -0.121. The molecule has 2 amide bonds. The Hall–Kier alpha value is -3.28. The molecule has 0 aliphatic carbocycles. The minimum Gasteiger partial charge on any atom is -0.273 e. The summed E-state index contributed by atoms with van der Waals surface area (Å²) in [5.41, 5.74) is 9.73. The lowest BCUT2D eigenvalue weighted by Crippen LogP contribution is -2.18. The second kappa shape index (κ2) is 13.0. The Balaban J connectivity index is 1.58. The summed E-state index contributed by atoms with van der Waals surface area (Å²) in [6.07, 6.45) is 6.25. The Morgan fingerprint density at radius 1 is 0.629 bits per heavy atom. The van der Waals surface area contributed by atoms with Gasteiger partial charge in [-0.05, 0) is 45.9 Å². The van der Waals surface area contributed by atoms with Crippen LogP contribution in [0.5, 0.6) is 0 Å². The van der Waals surface area contributed by atoms with Crippen LogP contribution in [0.1, 0.15) is 95.9 Å². The quantitative estimate of drug-likeness (QED) is 0.257. The number of nitrogens with zero attached hydrogens (tertiary/aromatic N) is 2. The van der Waals surface area contributed by atoms with Crippen molar-refractivity contribution in [2.45, 2.75) is 84.5 Å². The zero-order valence-electron chi connectivity index (χ0n) is 22.0. The van der Waals surface area contributed by atoms with Gasteiger partial charge in [-0.2, -0.15) is 10.2 Å². The van der Waals surface area contributed by atoms with Crippen molar-refractivity contribution in [1.29, 1.82) is 0 Å². The first-order valence-electron chi connectivity index (χ1n) is 12.3. The van der Waals surface area contributed by atoms with Gasteiger partial charge in [-0.25, -0.2) is 10.9 Å². The van der Waals surface area contributed by atoms with Gasteiger partial charge >= 0.3 is 0 Å². The third-order valence-electron chi connectivity index (χ3n) is 5.67. The van der Waals surface area contributed by atoms with Crippen molar-refractivity contribution >= 4 is 24.2 Å². The van der Waals surface area contributed by atoms with Crippen LogP contribution in [0.2, 0.25) is 0 Å². The molecule has 0 heterocycles. The van der Waals surface area contributed by atoms with E-state index in [1.54, 1.807) is 12.4 Å². The molecular weight excluding hydrogens is 436 g/mol. The Labute approximate surface area is 210 Å². The van der Waals surface area contributed by atoms with Crippen molar-refractivity contribution in [3.8, 4) is 0 Å². The molecule has 0 saturated carbocycles. The van der Waals surface area contributed by atoms with Gasteiger partial charge in [0.15, 0.2) is 0 Å². The summed E-state index contributed by atoms with van der Waals surface area (Å²) in [6, 6.07) is 16.3. The van der Waals surface area contributed by atoms with E-state index in [1.807, 2.05) is 24.3 Å². The van der Waals surface area contributed by atoms with Gasteiger partial charge in [-0.3, -0.25) is 9.59 Å². The van der Waals surface area contributed by atoms with E-state index in [0.29, 0.717) is 25.7 Å². The molecule has 0 aromatic heterocycles. The fourth-order valence-corrected chi connectivity index (χ4v) is 3.36. The highest BCUT2D eigenvalue weighted by atomic mass is 16.2. The minimum absolute atomic E-state index is 0.108. The summed E-state index contributed by atoms with van der Waals surface area (Å²) in [6.45, 7) is 13.0. The van der Waals surface area contributed by atoms with Crippen LogP contribution in [0.15, 0.2) is 58.7 Å². The number of hydrogen-bond acceptors (Lipinski definition) is 4. The lowest BCUT2D eigenvalue weighted by Gasteiger charge is -2.18. The number of carbonyl (C=O) groups excluding carboxylic acids is 2. The second-order valence-electron chi connectivity index (χ2n) is 10.9. The van der Waals surface area contributed by atoms with Crippen LogP contribution in [-0.2, 0) is 20.4 Å². The smallest absolute Gasteiger partial charge is 0.240 e. The number of rotatable bonds is 10. The number of amides is 2. The van der Waals surface area contributed by atoms with E-state index in [0.717, 1.165) is 17.5 Å². The van der Waals surface area contributed by atoms with Gasteiger partial charge < -0.3 is 0 Å². The van der Waals surface area contributed by atoms with Gasteiger partial charge in [0.1, 0.15) is 0 Å². The van der Waals surface area contributed by atoms with E-state index in [1.165, 1.54) is 11.1 Å². The molecule has 2 aromatic rings. The van der Waals surface area contributed by atoms with Gasteiger partial charge in [0.05, 0.1) is 12.4 Å². The van der Waals surface area contributed by atoms with Crippen LogP contribution < -0.4 is 10.9 Å². The first kappa shape index (κ1) is 28.0. The van der Waals surface area contributed by atoms with Crippen molar-refractivity contribution < 1.29 is 9.59 Å². The molecule has 0 spiro atoms. The van der Waals surface area contributed by atoms with E-state index in [-0.39, 0.29) is 22.6 Å². The Morgan fingerprint density at radius 3 is 1.29 bits per heavy atom. The van der Waals surface area contributed by atoms with Crippen molar-refractivity contribution in [2.24, 2.45) is 10.2 Å². The van der Waals surface area contributed by atoms with Gasteiger partial charge in [-0.15, -0.1) is 0 Å². The van der Waals surface area contributed by atoms with E-state index in [9.17, 15) is 9.59 Å². The summed E-state index contributed by atoms with van der Waals surface area (Å²) in [7, 11) is 0. The Morgan fingerprint density at radius 2 is 0.971 bits per heavy atom. The monoisotopic (exact) mass is 476 g/mol. The Bertz CT molecular complexity index is 925. The molecule has 0 bridgehead atoms. The van der Waals surface area contributed by atoms with Crippen LogP contribution in [-0.4, -0.2) is 24.2 Å². The molecule has 6 heteroatoms. The third kappa shape index (κ3) is 10.7. The first-order valence-corrected chi connectivity index (χ1v) is 12.3. The fraction of sp³-hybridized carbons (Fsp3) is 0.448. The summed E-state index contributed by atoms with van der Waals surface area (Å²) < 4.78 is 0. The van der Waals surface area contributed by atoms with Gasteiger partial charge in [-0.1, -0.05) is 96.5 Å². The summed E-state index contributed by atoms with van der Waals surface area (Å²) >= 11 is 0. The van der Waals surface area contributed by atoms with Crippen molar-refractivity contribution in [3.63, 3.8) is 0 Å². The molecule has 2 N–H and O–H groups in total. The minimum atomic E-state index is -0.126. The van der Waals surface area contributed by atoms with Crippen molar-refractivity contribution in [3.05, 3.63) is 70.8 Å². The molecule has 2 aromatic carbocycles. The number of benzene rings is 2. The molecule has 0 radical (unpaired) electrons. The molecule has 0 unspecified atom stereocenters. The van der Waals surface area contributed by atoms with Crippen LogP contribution >= 0.6 is 0 Å². The zero-order valence-corrected chi connectivity index (χ0v) is 22.0. The lowest BCUT2D eigenvalue weighted by atomic mass is 9.87. The maximum atomic E-state index is 11.9. The van der Waals surface area contributed by atoms with Crippen molar-refractivity contribution in [1.82, 2.24) is 10.9 Å². The van der Waals surface area contributed by atoms with Crippen LogP contribution in [0.3, 0.4) is 0 Å². The Kier molecular flexibility index (Phi) is 10.4. The van der Waals surface area contributed by atoms with Gasteiger partial charge in [0.2, 0.25) is 11.8 Å². The average molecular weight is 477 g/mol. The fourth-order valence-electron chi connectivity index (χ4n) is 3.36. The molecule has 0 aliphatic heterocycles. The molecule has 0 atom stereocenters. The number of nitrogens with one attached hydrogen (secondary N) is 2. The average Bonchev–Trinajstić information content (AvgIpc) is 2.78. The molecule has 35 heavy (non-hydrogen) atoms. The number of hydrogen-bond donors (Lipinski definition) is 2. The number of hydrazone groups is 2. The van der Waals surface area contributed by atoms with E-state index >= 15 is 0 Å². The molecule has 0 aliphatic rings. The molecule has 2 rings (SSSR count). The zero-order chi connectivity index (χ0) is 25.9. The molecule has 188 valence electrons. The van der Waals surface area contributed by atoms with Crippen LogP contribution in [0, 0.1) is 0 Å². The number of unbranched alkanes of at least 4 members (excludes halogenated alkanes) is 2. The molecular formula is C29H40N4O2. The summed E-state index contributed by atoms with van der Waals surface area (Å²) in [4.78, 5) is 23.9. The second-order valence-corrected chi connectivity index (χ2v) is 10.9. The van der Waals surface area contributed by atoms with E-state index < -0.39 is 0 Å². The van der Waals surface area contributed by atoms with Gasteiger partial charge in [0, 0.05) is 12.8 Å². The highest BCUT2D eigenvalue weighted by Crippen LogP contribution is 2.22. The largest absolute Gasteiger partial charge is 0.273 e. The first-order chi connectivity index (χ1) is 16.4. The highest BCUT2D eigenvalue weighted by Gasteiger charge is 2.13. The maximum absolute atomic E-state index is 11.9. The van der Waals surface area contributed by atoms with Crippen molar-refractivity contribution in [2.75, 3.05) is 0 Å². The summed E-state index contributed by atoms with van der Waals surface area (Å²) in [5.74, 6) is -0.252. The normalized spacial score (nSPS) is 12.3.